The summed E-state index contributed by atoms with van der Waals surface area (Å²) in [5.74, 6) is -0.568. The molecule has 2 rings (SSSR count). The SMILES string of the molecule is CC1=C(Br)C(=O)N(c2ccccc2)C1=O. The molecule has 0 atom stereocenters. The third kappa shape index (κ3) is 1.51. The molecule has 15 heavy (non-hydrogen) atoms. The lowest BCUT2D eigenvalue weighted by atomic mass is 10.3. The molecule has 1 aliphatic rings. The van der Waals surface area contributed by atoms with Gasteiger partial charge in [0.15, 0.2) is 0 Å². The second-order valence-electron chi connectivity index (χ2n) is 3.22. The second kappa shape index (κ2) is 3.62. The highest BCUT2D eigenvalue weighted by Crippen LogP contribution is 2.29. The molecule has 2 amide bonds. The molecular formula is C11H8BrNO2. The molecule has 1 aliphatic heterocycles. The number of hydrogen-bond donors (Lipinski definition) is 0. The summed E-state index contributed by atoms with van der Waals surface area (Å²) >= 11 is 3.11. The normalized spacial score (nSPS) is 16.5. The van der Waals surface area contributed by atoms with Gasteiger partial charge in [-0.1, -0.05) is 18.2 Å². The lowest BCUT2D eigenvalue weighted by molar-refractivity contribution is -0.120. The number of carbonyl (C=O) groups is 2. The molecule has 0 fully saturated rings. The van der Waals surface area contributed by atoms with Crippen LogP contribution in [-0.2, 0) is 9.59 Å². The van der Waals surface area contributed by atoms with E-state index in [2.05, 4.69) is 15.9 Å². The lowest BCUT2D eigenvalue weighted by Crippen LogP contribution is -2.30. The molecule has 0 unspecified atom stereocenters. The quantitative estimate of drug-likeness (QED) is 0.731. The van der Waals surface area contributed by atoms with Crippen molar-refractivity contribution in [3.63, 3.8) is 0 Å². The smallest absolute Gasteiger partial charge is 0.269 e. The summed E-state index contributed by atoms with van der Waals surface area (Å²) in [7, 11) is 0. The van der Waals surface area contributed by atoms with E-state index in [1.54, 1.807) is 31.2 Å². The predicted molar refractivity (Wildman–Crippen MR) is 60.6 cm³/mol. The van der Waals surface area contributed by atoms with E-state index in [-0.39, 0.29) is 11.8 Å². The van der Waals surface area contributed by atoms with E-state index in [9.17, 15) is 9.59 Å². The van der Waals surface area contributed by atoms with Gasteiger partial charge in [-0.05, 0) is 35.0 Å². The van der Waals surface area contributed by atoms with E-state index in [0.29, 0.717) is 15.7 Å². The third-order valence-corrected chi connectivity index (χ3v) is 3.19. The first kappa shape index (κ1) is 10.1. The summed E-state index contributed by atoms with van der Waals surface area (Å²) in [6.45, 7) is 1.63. The monoisotopic (exact) mass is 265 g/mol. The average molecular weight is 266 g/mol. The number of para-hydroxylation sites is 1. The first-order valence-electron chi connectivity index (χ1n) is 4.43. The molecule has 0 spiro atoms. The Morgan fingerprint density at radius 2 is 1.67 bits per heavy atom. The third-order valence-electron chi connectivity index (χ3n) is 2.26. The van der Waals surface area contributed by atoms with Crippen molar-refractivity contribution in [2.75, 3.05) is 4.90 Å². The van der Waals surface area contributed by atoms with Crippen LogP contribution in [0.4, 0.5) is 5.69 Å². The van der Waals surface area contributed by atoms with Gasteiger partial charge < -0.3 is 0 Å². The molecule has 1 aromatic rings. The fourth-order valence-corrected chi connectivity index (χ4v) is 1.77. The van der Waals surface area contributed by atoms with Gasteiger partial charge >= 0.3 is 0 Å². The van der Waals surface area contributed by atoms with Gasteiger partial charge in [0.1, 0.15) is 0 Å². The number of carbonyl (C=O) groups excluding carboxylic acids is 2. The van der Waals surface area contributed by atoms with Gasteiger partial charge in [0.2, 0.25) is 0 Å². The molecule has 0 N–H and O–H groups in total. The van der Waals surface area contributed by atoms with Crippen LogP contribution in [0.15, 0.2) is 40.4 Å². The van der Waals surface area contributed by atoms with Gasteiger partial charge in [-0.25, -0.2) is 4.90 Å². The standard InChI is InChI=1S/C11H8BrNO2/c1-7-9(12)11(15)13(10(7)14)8-5-3-2-4-6-8/h2-6H,1H3. The Balaban J connectivity index is 2.44. The van der Waals surface area contributed by atoms with Crippen LogP contribution < -0.4 is 4.90 Å². The molecule has 0 radical (unpaired) electrons. The predicted octanol–water partition coefficient (Wildman–Crippen LogP) is 2.23. The number of anilines is 1. The highest BCUT2D eigenvalue weighted by molar-refractivity contribution is 9.12. The first-order chi connectivity index (χ1) is 7.13. The molecule has 0 aromatic heterocycles. The maximum atomic E-state index is 11.7. The molecule has 0 saturated carbocycles. The van der Waals surface area contributed by atoms with E-state index in [4.69, 9.17) is 0 Å². The Morgan fingerprint density at radius 3 is 2.13 bits per heavy atom. The molecule has 3 nitrogen and oxygen atoms in total. The maximum absolute atomic E-state index is 11.7. The van der Waals surface area contributed by atoms with Crippen molar-refractivity contribution in [3.8, 4) is 0 Å². The van der Waals surface area contributed by atoms with Crippen molar-refractivity contribution in [1.82, 2.24) is 0 Å². The highest BCUT2D eigenvalue weighted by Gasteiger charge is 2.35. The fraction of sp³-hybridized carbons (Fsp3) is 0.0909. The summed E-state index contributed by atoms with van der Waals surface area (Å²) in [5.41, 5.74) is 1.05. The summed E-state index contributed by atoms with van der Waals surface area (Å²) < 4.78 is 0.344. The number of halogens is 1. The van der Waals surface area contributed by atoms with Crippen molar-refractivity contribution in [1.29, 1.82) is 0 Å². The Bertz CT molecular complexity index is 441. The molecule has 1 aromatic carbocycles. The minimum Gasteiger partial charge on any atom is -0.269 e. The van der Waals surface area contributed by atoms with Crippen LogP contribution in [0, 0.1) is 0 Å². The van der Waals surface area contributed by atoms with Gasteiger partial charge in [0, 0.05) is 5.57 Å². The Hall–Kier alpha value is -1.42. The minimum atomic E-state index is -0.302. The molecule has 76 valence electrons. The molecule has 0 saturated heterocycles. The van der Waals surface area contributed by atoms with E-state index >= 15 is 0 Å². The van der Waals surface area contributed by atoms with Crippen molar-refractivity contribution in [3.05, 3.63) is 40.4 Å². The second-order valence-corrected chi connectivity index (χ2v) is 4.01. The number of nitrogens with zero attached hydrogens (tertiary/aromatic N) is 1. The van der Waals surface area contributed by atoms with Crippen LogP contribution in [-0.4, -0.2) is 11.8 Å². The van der Waals surface area contributed by atoms with E-state index in [0.717, 1.165) is 0 Å². The maximum Gasteiger partial charge on any atom is 0.272 e. The number of amides is 2. The topological polar surface area (TPSA) is 37.4 Å². The van der Waals surface area contributed by atoms with Gasteiger partial charge in [-0.2, -0.15) is 0 Å². The van der Waals surface area contributed by atoms with Gasteiger partial charge in [0.05, 0.1) is 10.2 Å². The number of rotatable bonds is 1. The molecule has 0 bridgehead atoms. The summed E-state index contributed by atoms with van der Waals surface area (Å²) in [4.78, 5) is 24.6. The van der Waals surface area contributed by atoms with Gasteiger partial charge in [0.25, 0.3) is 11.8 Å². The molecule has 4 heteroatoms. The van der Waals surface area contributed by atoms with Gasteiger partial charge in [-0.15, -0.1) is 0 Å². The van der Waals surface area contributed by atoms with Crippen LogP contribution in [0.2, 0.25) is 0 Å². The first-order valence-corrected chi connectivity index (χ1v) is 5.22. The minimum absolute atomic E-state index is 0.266. The van der Waals surface area contributed by atoms with E-state index < -0.39 is 0 Å². The molecular weight excluding hydrogens is 258 g/mol. The zero-order valence-corrected chi connectivity index (χ0v) is 9.61. The molecule has 1 heterocycles. The Kier molecular flexibility index (Phi) is 2.44. The van der Waals surface area contributed by atoms with Gasteiger partial charge in [-0.3, -0.25) is 9.59 Å². The van der Waals surface area contributed by atoms with E-state index in [1.165, 1.54) is 4.90 Å². The van der Waals surface area contributed by atoms with Crippen LogP contribution in [0.1, 0.15) is 6.92 Å². The summed E-state index contributed by atoms with van der Waals surface area (Å²) in [5, 5.41) is 0. The molecule has 0 aliphatic carbocycles. The zero-order chi connectivity index (χ0) is 11.0. The van der Waals surface area contributed by atoms with Crippen molar-refractivity contribution >= 4 is 33.4 Å². The van der Waals surface area contributed by atoms with E-state index in [1.807, 2.05) is 6.07 Å². The zero-order valence-electron chi connectivity index (χ0n) is 8.03. The van der Waals surface area contributed by atoms with Crippen molar-refractivity contribution in [2.24, 2.45) is 0 Å². The summed E-state index contributed by atoms with van der Waals surface area (Å²) in [6, 6.07) is 8.88. The number of benzene rings is 1. The number of hydrogen-bond acceptors (Lipinski definition) is 2. The largest absolute Gasteiger partial charge is 0.272 e. The van der Waals surface area contributed by atoms with Crippen LogP contribution >= 0.6 is 15.9 Å². The Morgan fingerprint density at radius 1 is 1.07 bits per heavy atom. The highest BCUT2D eigenvalue weighted by atomic mass is 79.9. The van der Waals surface area contributed by atoms with Crippen molar-refractivity contribution < 1.29 is 9.59 Å². The van der Waals surface area contributed by atoms with Crippen LogP contribution in [0.3, 0.4) is 0 Å². The van der Waals surface area contributed by atoms with Crippen molar-refractivity contribution in [2.45, 2.75) is 6.92 Å². The average Bonchev–Trinajstić information content (AvgIpc) is 2.45. The fourth-order valence-electron chi connectivity index (χ4n) is 1.42. The van der Waals surface area contributed by atoms with Crippen LogP contribution in [0.25, 0.3) is 0 Å². The number of imide groups is 1. The Labute approximate surface area is 95.5 Å². The van der Waals surface area contributed by atoms with Crippen LogP contribution in [0.5, 0.6) is 0 Å². The lowest BCUT2D eigenvalue weighted by Gasteiger charge is -2.13. The summed E-state index contributed by atoms with van der Waals surface area (Å²) in [6.07, 6.45) is 0.